The maximum absolute atomic E-state index is 13.0. The van der Waals surface area contributed by atoms with Gasteiger partial charge < -0.3 is 19.4 Å². The number of imidazole rings is 1. The van der Waals surface area contributed by atoms with Crippen molar-refractivity contribution in [2.45, 2.75) is 39.3 Å². The van der Waals surface area contributed by atoms with Crippen molar-refractivity contribution < 1.29 is 14.3 Å². The van der Waals surface area contributed by atoms with Gasteiger partial charge in [0.2, 0.25) is 0 Å². The number of carbonyl (C=O) groups is 1. The average molecular weight is 458 g/mol. The molecule has 0 aliphatic carbocycles. The van der Waals surface area contributed by atoms with Gasteiger partial charge >= 0.3 is 0 Å². The van der Waals surface area contributed by atoms with E-state index < -0.39 is 0 Å². The third kappa shape index (κ3) is 4.76. The summed E-state index contributed by atoms with van der Waals surface area (Å²) in [6, 6.07) is 21.6. The molecule has 176 valence electrons. The van der Waals surface area contributed by atoms with Gasteiger partial charge in [-0.05, 0) is 54.3 Å². The van der Waals surface area contributed by atoms with E-state index in [0.29, 0.717) is 29.5 Å². The van der Waals surface area contributed by atoms with Gasteiger partial charge in [-0.1, -0.05) is 50.2 Å². The number of benzene rings is 3. The van der Waals surface area contributed by atoms with Gasteiger partial charge in [-0.15, -0.1) is 0 Å². The third-order valence-corrected chi connectivity index (χ3v) is 6.05. The molecule has 1 amide bonds. The number of carbonyl (C=O) groups excluding carboxylic acids is 1. The van der Waals surface area contributed by atoms with Crippen molar-refractivity contribution in [3.8, 4) is 11.5 Å². The lowest BCUT2D eigenvalue weighted by Gasteiger charge is -2.17. The van der Waals surface area contributed by atoms with Gasteiger partial charge in [0.25, 0.3) is 5.91 Å². The van der Waals surface area contributed by atoms with E-state index in [1.807, 2.05) is 25.1 Å². The van der Waals surface area contributed by atoms with E-state index in [1.54, 1.807) is 32.4 Å². The second-order valence-electron chi connectivity index (χ2n) is 8.71. The molecule has 0 spiro atoms. The largest absolute Gasteiger partial charge is 0.493 e. The molecular weight excluding hydrogens is 426 g/mol. The molecule has 1 aromatic heterocycles. The first-order chi connectivity index (χ1) is 16.4. The van der Waals surface area contributed by atoms with Gasteiger partial charge in [0.1, 0.15) is 5.82 Å². The number of methoxy groups -OCH3 is 2. The number of ether oxygens (including phenoxy) is 2. The van der Waals surface area contributed by atoms with Gasteiger partial charge in [0.15, 0.2) is 11.5 Å². The van der Waals surface area contributed by atoms with Crippen molar-refractivity contribution >= 4 is 16.9 Å². The van der Waals surface area contributed by atoms with Crippen LogP contribution in [0.3, 0.4) is 0 Å². The molecule has 0 bridgehead atoms. The fourth-order valence-corrected chi connectivity index (χ4v) is 4.10. The zero-order valence-electron chi connectivity index (χ0n) is 20.3. The minimum absolute atomic E-state index is 0.201. The lowest BCUT2D eigenvalue weighted by molar-refractivity contribution is 0.0937. The van der Waals surface area contributed by atoms with Crippen molar-refractivity contribution in [3.05, 3.63) is 89.2 Å². The van der Waals surface area contributed by atoms with Gasteiger partial charge in [-0.25, -0.2) is 4.98 Å². The normalized spacial score (nSPS) is 12.1. The van der Waals surface area contributed by atoms with Gasteiger partial charge in [0.05, 0.1) is 31.3 Å². The highest BCUT2D eigenvalue weighted by Gasteiger charge is 2.20. The van der Waals surface area contributed by atoms with Crippen LogP contribution in [0.5, 0.6) is 11.5 Å². The van der Waals surface area contributed by atoms with E-state index in [1.165, 1.54) is 11.1 Å². The van der Waals surface area contributed by atoms with Crippen LogP contribution in [0, 0.1) is 0 Å². The molecule has 1 unspecified atom stereocenters. The molecule has 34 heavy (non-hydrogen) atoms. The smallest absolute Gasteiger partial charge is 0.251 e. The van der Waals surface area contributed by atoms with Crippen LogP contribution >= 0.6 is 0 Å². The predicted molar refractivity (Wildman–Crippen MR) is 135 cm³/mol. The van der Waals surface area contributed by atoms with Crippen LogP contribution in [0.2, 0.25) is 0 Å². The molecule has 0 aliphatic heterocycles. The molecule has 4 rings (SSSR count). The second-order valence-corrected chi connectivity index (χ2v) is 8.71. The molecule has 4 aromatic rings. The first kappa shape index (κ1) is 23.4. The first-order valence-corrected chi connectivity index (χ1v) is 11.5. The molecule has 3 aromatic carbocycles. The Balaban J connectivity index is 1.62. The molecule has 0 fully saturated rings. The highest BCUT2D eigenvalue weighted by molar-refractivity contribution is 5.95. The molecule has 0 saturated heterocycles. The standard InChI is InChI=1S/C28H31N3O3/c1-18(2)21-12-10-20(11-13-21)17-31-24-9-7-6-8-23(24)30-27(31)19(3)29-28(32)22-14-15-25(33-4)26(16-22)34-5/h6-16,18-19H,17H2,1-5H3,(H,29,32). The number of hydrogen-bond acceptors (Lipinski definition) is 4. The van der Waals surface area contributed by atoms with E-state index in [0.717, 1.165) is 16.9 Å². The average Bonchev–Trinajstić information content (AvgIpc) is 3.22. The fraction of sp³-hybridized carbons (Fsp3) is 0.286. The maximum atomic E-state index is 13.0. The Morgan fingerprint density at radius 1 is 0.941 bits per heavy atom. The van der Waals surface area contributed by atoms with E-state index in [9.17, 15) is 4.79 Å². The number of para-hydroxylation sites is 2. The van der Waals surface area contributed by atoms with Crippen molar-refractivity contribution in [1.82, 2.24) is 14.9 Å². The van der Waals surface area contributed by atoms with Crippen molar-refractivity contribution in [2.24, 2.45) is 0 Å². The molecular formula is C28H31N3O3. The summed E-state index contributed by atoms with van der Waals surface area (Å²) in [5.74, 6) is 2.19. The Morgan fingerprint density at radius 2 is 1.65 bits per heavy atom. The Labute approximate surface area is 200 Å². The van der Waals surface area contributed by atoms with Gasteiger partial charge in [0, 0.05) is 12.1 Å². The lowest BCUT2D eigenvalue weighted by atomic mass is 10.0. The van der Waals surface area contributed by atoms with Crippen LogP contribution < -0.4 is 14.8 Å². The zero-order valence-corrected chi connectivity index (χ0v) is 20.3. The predicted octanol–water partition coefficient (Wildman–Crippen LogP) is 5.72. The topological polar surface area (TPSA) is 65.4 Å². The summed E-state index contributed by atoms with van der Waals surface area (Å²) in [4.78, 5) is 17.9. The monoisotopic (exact) mass is 457 g/mol. The number of nitrogens with zero attached hydrogens (tertiary/aromatic N) is 2. The minimum Gasteiger partial charge on any atom is -0.493 e. The SMILES string of the molecule is COc1ccc(C(=O)NC(C)c2nc3ccccc3n2Cc2ccc(C(C)C)cc2)cc1OC. The van der Waals surface area contributed by atoms with Crippen LogP contribution in [-0.2, 0) is 6.54 Å². The van der Waals surface area contributed by atoms with Crippen molar-refractivity contribution in [3.63, 3.8) is 0 Å². The van der Waals surface area contributed by atoms with E-state index in [-0.39, 0.29) is 11.9 Å². The maximum Gasteiger partial charge on any atom is 0.251 e. The summed E-state index contributed by atoms with van der Waals surface area (Å²) >= 11 is 0. The van der Waals surface area contributed by atoms with Crippen LogP contribution in [0.15, 0.2) is 66.7 Å². The third-order valence-electron chi connectivity index (χ3n) is 6.05. The summed E-state index contributed by atoms with van der Waals surface area (Å²) < 4.78 is 12.8. The van der Waals surface area contributed by atoms with Gasteiger partial charge in [-0.2, -0.15) is 0 Å². The highest BCUT2D eigenvalue weighted by Crippen LogP contribution is 2.28. The quantitative estimate of drug-likeness (QED) is 0.368. The van der Waals surface area contributed by atoms with Crippen LogP contribution in [0.25, 0.3) is 11.0 Å². The number of aromatic nitrogens is 2. The molecule has 1 N–H and O–H groups in total. The molecule has 0 saturated carbocycles. The van der Waals surface area contributed by atoms with Crippen LogP contribution in [0.1, 0.15) is 60.0 Å². The summed E-state index contributed by atoms with van der Waals surface area (Å²) in [5, 5.41) is 3.09. The Kier molecular flexibility index (Phi) is 6.87. The summed E-state index contributed by atoms with van der Waals surface area (Å²) in [6.07, 6.45) is 0. The Bertz CT molecular complexity index is 1290. The zero-order chi connectivity index (χ0) is 24.2. The number of hydrogen-bond donors (Lipinski definition) is 1. The van der Waals surface area contributed by atoms with E-state index >= 15 is 0 Å². The Morgan fingerprint density at radius 3 is 2.32 bits per heavy atom. The summed E-state index contributed by atoms with van der Waals surface area (Å²) in [6.45, 7) is 7.02. The van der Waals surface area contributed by atoms with Crippen molar-refractivity contribution in [1.29, 1.82) is 0 Å². The summed E-state index contributed by atoms with van der Waals surface area (Å²) in [7, 11) is 3.12. The van der Waals surface area contributed by atoms with Crippen LogP contribution in [-0.4, -0.2) is 29.7 Å². The van der Waals surface area contributed by atoms with Gasteiger partial charge in [-0.3, -0.25) is 4.79 Å². The second kappa shape index (κ2) is 10.00. The van der Waals surface area contributed by atoms with Crippen molar-refractivity contribution in [2.75, 3.05) is 14.2 Å². The molecule has 0 aliphatic rings. The number of fused-ring (bicyclic) bond motifs is 1. The van der Waals surface area contributed by atoms with E-state index in [4.69, 9.17) is 14.5 Å². The first-order valence-electron chi connectivity index (χ1n) is 11.5. The molecule has 6 nitrogen and oxygen atoms in total. The van der Waals surface area contributed by atoms with Crippen LogP contribution in [0.4, 0.5) is 0 Å². The minimum atomic E-state index is -0.303. The fourth-order valence-electron chi connectivity index (χ4n) is 4.10. The molecule has 1 atom stereocenters. The lowest BCUT2D eigenvalue weighted by Crippen LogP contribution is -2.29. The highest BCUT2D eigenvalue weighted by atomic mass is 16.5. The Hall–Kier alpha value is -3.80. The number of nitrogens with one attached hydrogen (secondary N) is 1. The number of rotatable bonds is 8. The molecule has 1 heterocycles. The molecule has 6 heteroatoms. The van der Waals surface area contributed by atoms with E-state index in [2.05, 4.69) is 54.1 Å². The summed E-state index contributed by atoms with van der Waals surface area (Å²) in [5.41, 5.74) is 4.94. The molecule has 0 radical (unpaired) electrons. The number of amides is 1.